The van der Waals surface area contributed by atoms with E-state index in [4.69, 9.17) is 13.9 Å². The molecule has 0 saturated carbocycles. The first kappa shape index (κ1) is 18.5. The zero-order valence-electron chi connectivity index (χ0n) is 15.3. The van der Waals surface area contributed by atoms with Crippen LogP contribution in [0.5, 0.6) is 0 Å². The standard InChI is InChI=1S/C19H20N2O6/c1-4-25-17(22)15-11(3)20-19(24)21-13(15)9-26-18(23)16-10(2)12-7-5-6-8-14(12)27-16/h5-8,11H,4,9H2,1-3H3,(H2,20,21,24)/t11-/m1/s1. The maximum Gasteiger partial charge on any atom is 0.374 e. The Morgan fingerprint density at radius 2 is 1.93 bits per heavy atom. The van der Waals surface area contributed by atoms with Crippen LogP contribution in [0.4, 0.5) is 4.79 Å². The van der Waals surface area contributed by atoms with Crippen LogP contribution < -0.4 is 10.6 Å². The lowest BCUT2D eigenvalue weighted by molar-refractivity contribution is -0.139. The molecule has 2 N–H and O–H groups in total. The molecule has 2 aromatic rings. The van der Waals surface area contributed by atoms with Crippen LogP contribution in [0.1, 0.15) is 30.0 Å². The minimum atomic E-state index is -0.681. The van der Waals surface area contributed by atoms with Gasteiger partial charge in [0.05, 0.1) is 23.9 Å². The summed E-state index contributed by atoms with van der Waals surface area (Å²) in [5.41, 5.74) is 1.65. The molecule has 0 unspecified atom stereocenters. The van der Waals surface area contributed by atoms with Gasteiger partial charge in [-0.3, -0.25) is 0 Å². The zero-order chi connectivity index (χ0) is 19.6. The SMILES string of the molecule is CCOC(=O)C1=C(COC(=O)c2oc3ccccc3c2C)NC(=O)N[C@@H]1C. The van der Waals surface area contributed by atoms with Gasteiger partial charge in [-0.2, -0.15) is 0 Å². The molecule has 8 nitrogen and oxygen atoms in total. The molecule has 3 rings (SSSR count). The monoisotopic (exact) mass is 372 g/mol. The third-order valence-electron chi connectivity index (χ3n) is 4.24. The summed E-state index contributed by atoms with van der Waals surface area (Å²) in [7, 11) is 0. The number of furan rings is 1. The summed E-state index contributed by atoms with van der Waals surface area (Å²) >= 11 is 0. The molecule has 1 aromatic heterocycles. The summed E-state index contributed by atoms with van der Waals surface area (Å²) < 4.78 is 15.9. The van der Waals surface area contributed by atoms with Gasteiger partial charge in [0.25, 0.3) is 0 Å². The molecule has 0 aliphatic carbocycles. The first-order valence-electron chi connectivity index (χ1n) is 8.55. The van der Waals surface area contributed by atoms with Crippen molar-refractivity contribution in [1.29, 1.82) is 0 Å². The number of aryl methyl sites for hydroxylation is 1. The summed E-state index contributed by atoms with van der Waals surface area (Å²) in [6.45, 7) is 4.99. The Bertz CT molecular complexity index is 943. The molecule has 27 heavy (non-hydrogen) atoms. The first-order valence-corrected chi connectivity index (χ1v) is 8.55. The minimum Gasteiger partial charge on any atom is -0.463 e. The number of amides is 2. The van der Waals surface area contributed by atoms with Crippen molar-refractivity contribution in [2.75, 3.05) is 13.2 Å². The number of para-hydroxylation sites is 1. The zero-order valence-corrected chi connectivity index (χ0v) is 15.3. The largest absolute Gasteiger partial charge is 0.463 e. The van der Waals surface area contributed by atoms with Gasteiger partial charge in [-0.1, -0.05) is 18.2 Å². The van der Waals surface area contributed by atoms with E-state index in [-0.39, 0.29) is 30.2 Å². The van der Waals surface area contributed by atoms with E-state index in [0.717, 1.165) is 5.39 Å². The van der Waals surface area contributed by atoms with Crippen LogP contribution in [0.25, 0.3) is 11.0 Å². The highest BCUT2D eigenvalue weighted by molar-refractivity contribution is 5.97. The van der Waals surface area contributed by atoms with Gasteiger partial charge < -0.3 is 24.5 Å². The fourth-order valence-corrected chi connectivity index (χ4v) is 2.97. The van der Waals surface area contributed by atoms with Gasteiger partial charge >= 0.3 is 18.0 Å². The number of esters is 2. The molecule has 0 spiro atoms. The van der Waals surface area contributed by atoms with Crippen LogP contribution in [-0.4, -0.2) is 37.2 Å². The Hall–Kier alpha value is -3.29. The number of fused-ring (bicyclic) bond motifs is 1. The van der Waals surface area contributed by atoms with Crippen molar-refractivity contribution in [2.24, 2.45) is 0 Å². The highest BCUT2D eigenvalue weighted by Gasteiger charge is 2.30. The molecule has 0 bridgehead atoms. The summed E-state index contributed by atoms with van der Waals surface area (Å²) in [4.78, 5) is 36.4. The second-order valence-corrected chi connectivity index (χ2v) is 6.06. The highest BCUT2D eigenvalue weighted by Crippen LogP contribution is 2.25. The Morgan fingerprint density at radius 1 is 1.19 bits per heavy atom. The maximum atomic E-state index is 12.5. The lowest BCUT2D eigenvalue weighted by Crippen LogP contribution is -2.50. The van der Waals surface area contributed by atoms with E-state index in [2.05, 4.69) is 10.6 Å². The Morgan fingerprint density at radius 3 is 2.63 bits per heavy atom. The Kier molecular flexibility index (Phi) is 5.16. The van der Waals surface area contributed by atoms with Crippen LogP contribution in [0.15, 0.2) is 40.0 Å². The van der Waals surface area contributed by atoms with Crippen LogP contribution >= 0.6 is 0 Å². The van der Waals surface area contributed by atoms with Crippen molar-refractivity contribution < 1.29 is 28.3 Å². The normalized spacial score (nSPS) is 16.7. The fraction of sp³-hybridized carbons (Fsp3) is 0.316. The van der Waals surface area contributed by atoms with Crippen molar-refractivity contribution in [3.05, 3.63) is 46.9 Å². The van der Waals surface area contributed by atoms with Crippen molar-refractivity contribution in [3.63, 3.8) is 0 Å². The molecule has 1 aliphatic rings. The first-order chi connectivity index (χ1) is 12.9. The number of carbonyl (C=O) groups excluding carboxylic acids is 3. The van der Waals surface area contributed by atoms with E-state index < -0.39 is 24.0 Å². The molecule has 0 saturated heterocycles. The van der Waals surface area contributed by atoms with Crippen LogP contribution in [0, 0.1) is 6.92 Å². The molecule has 1 atom stereocenters. The Labute approximate surface area is 155 Å². The van der Waals surface area contributed by atoms with Crippen LogP contribution in [0.2, 0.25) is 0 Å². The van der Waals surface area contributed by atoms with E-state index in [1.807, 2.05) is 18.2 Å². The number of nitrogens with one attached hydrogen (secondary N) is 2. The third kappa shape index (κ3) is 3.64. The number of hydrogen-bond donors (Lipinski definition) is 2. The van der Waals surface area contributed by atoms with Crippen molar-refractivity contribution in [2.45, 2.75) is 26.8 Å². The average Bonchev–Trinajstić information content (AvgIpc) is 2.96. The topological polar surface area (TPSA) is 107 Å². The molecule has 2 heterocycles. The molecule has 0 fully saturated rings. The van der Waals surface area contributed by atoms with Crippen LogP contribution in [-0.2, 0) is 14.3 Å². The van der Waals surface area contributed by atoms with E-state index in [1.54, 1.807) is 26.8 Å². The summed E-state index contributed by atoms with van der Waals surface area (Å²) in [6.07, 6.45) is 0. The summed E-state index contributed by atoms with van der Waals surface area (Å²) in [6, 6.07) is 6.21. The number of carbonyl (C=O) groups is 3. The predicted octanol–water partition coefficient (Wildman–Crippen LogP) is 2.42. The van der Waals surface area contributed by atoms with Gasteiger partial charge in [0.2, 0.25) is 5.76 Å². The Balaban J connectivity index is 1.82. The van der Waals surface area contributed by atoms with Crippen molar-refractivity contribution >= 4 is 28.9 Å². The lowest BCUT2D eigenvalue weighted by atomic mass is 10.0. The number of rotatable bonds is 5. The molecule has 2 amide bonds. The van der Waals surface area contributed by atoms with Crippen molar-refractivity contribution in [3.8, 4) is 0 Å². The third-order valence-corrected chi connectivity index (χ3v) is 4.24. The summed E-state index contributed by atoms with van der Waals surface area (Å²) in [5, 5.41) is 5.90. The highest BCUT2D eigenvalue weighted by atomic mass is 16.5. The molecular formula is C19H20N2O6. The van der Waals surface area contributed by atoms with Gasteiger partial charge in [-0.15, -0.1) is 0 Å². The average molecular weight is 372 g/mol. The molecule has 0 radical (unpaired) electrons. The van der Waals surface area contributed by atoms with E-state index in [1.165, 1.54) is 0 Å². The molecular weight excluding hydrogens is 352 g/mol. The minimum absolute atomic E-state index is 0.0859. The molecule has 8 heteroatoms. The van der Waals surface area contributed by atoms with Crippen molar-refractivity contribution in [1.82, 2.24) is 10.6 Å². The van der Waals surface area contributed by atoms with Gasteiger partial charge in [-0.05, 0) is 26.8 Å². The number of ether oxygens (including phenoxy) is 2. The second kappa shape index (κ2) is 7.53. The summed E-state index contributed by atoms with van der Waals surface area (Å²) in [5.74, 6) is -1.17. The second-order valence-electron chi connectivity index (χ2n) is 6.06. The molecule has 1 aromatic carbocycles. The predicted molar refractivity (Wildman–Crippen MR) is 96.0 cm³/mol. The quantitative estimate of drug-likeness (QED) is 0.781. The van der Waals surface area contributed by atoms with Gasteiger partial charge in [-0.25, -0.2) is 14.4 Å². The van der Waals surface area contributed by atoms with Gasteiger partial charge in [0.1, 0.15) is 12.2 Å². The smallest absolute Gasteiger partial charge is 0.374 e. The molecule has 1 aliphatic heterocycles. The fourth-order valence-electron chi connectivity index (χ4n) is 2.97. The van der Waals surface area contributed by atoms with Gasteiger partial charge in [0, 0.05) is 10.9 Å². The van der Waals surface area contributed by atoms with Crippen LogP contribution in [0.3, 0.4) is 0 Å². The molecule has 142 valence electrons. The van der Waals surface area contributed by atoms with E-state index in [9.17, 15) is 14.4 Å². The van der Waals surface area contributed by atoms with E-state index in [0.29, 0.717) is 11.1 Å². The number of urea groups is 1. The van der Waals surface area contributed by atoms with E-state index >= 15 is 0 Å². The lowest BCUT2D eigenvalue weighted by Gasteiger charge is -2.26. The maximum absolute atomic E-state index is 12.5. The number of benzene rings is 1. The number of hydrogen-bond acceptors (Lipinski definition) is 6. The van der Waals surface area contributed by atoms with Gasteiger partial charge in [0.15, 0.2) is 0 Å².